The van der Waals surface area contributed by atoms with Gasteiger partial charge in [0.25, 0.3) is 0 Å². The lowest BCUT2D eigenvalue weighted by Gasteiger charge is -2.13. The molecule has 1 nitrogen and oxygen atoms in total. The maximum Gasteiger partial charge on any atom is 0.416 e. The fraction of sp³-hybridized carbons (Fsp3) is 0.500. The van der Waals surface area contributed by atoms with Crippen LogP contribution >= 0.6 is 11.8 Å². The van der Waals surface area contributed by atoms with Crippen LogP contribution in [0.2, 0.25) is 0 Å². The van der Waals surface area contributed by atoms with Gasteiger partial charge in [-0.15, -0.1) is 11.8 Å². The second-order valence-corrected chi connectivity index (χ2v) is 5.24. The monoisotopic (exact) mass is 261 g/mol. The van der Waals surface area contributed by atoms with E-state index in [2.05, 4.69) is 12.2 Å². The van der Waals surface area contributed by atoms with E-state index in [4.69, 9.17) is 0 Å². The van der Waals surface area contributed by atoms with Crippen LogP contribution in [0.5, 0.6) is 0 Å². The van der Waals surface area contributed by atoms with E-state index in [1.54, 1.807) is 23.9 Å². The van der Waals surface area contributed by atoms with Crippen molar-refractivity contribution in [1.29, 1.82) is 0 Å². The SMILES string of the molecule is CCC1CSC(c2ccc(C(F)(F)F)cc2)N1. The summed E-state index contributed by atoms with van der Waals surface area (Å²) in [5.41, 5.74) is 0.329. The van der Waals surface area contributed by atoms with Gasteiger partial charge in [0.2, 0.25) is 0 Å². The molecule has 1 aliphatic heterocycles. The van der Waals surface area contributed by atoms with E-state index in [1.807, 2.05) is 0 Å². The van der Waals surface area contributed by atoms with Gasteiger partial charge < -0.3 is 0 Å². The number of hydrogen-bond donors (Lipinski definition) is 1. The molecular weight excluding hydrogens is 247 g/mol. The molecule has 0 amide bonds. The molecule has 17 heavy (non-hydrogen) atoms. The summed E-state index contributed by atoms with van der Waals surface area (Å²) in [7, 11) is 0. The molecule has 2 atom stereocenters. The highest BCUT2D eigenvalue weighted by atomic mass is 32.2. The summed E-state index contributed by atoms with van der Waals surface area (Å²) < 4.78 is 37.2. The van der Waals surface area contributed by atoms with Crippen LogP contribution in [0, 0.1) is 0 Å². The fourth-order valence-electron chi connectivity index (χ4n) is 1.80. The molecule has 1 aromatic carbocycles. The van der Waals surface area contributed by atoms with Crippen molar-refractivity contribution in [3.05, 3.63) is 35.4 Å². The Kier molecular flexibility index (Phi) is 3.68. The van der Waals surface area contributed by atoms with Crippen molar-refractivity contribution in [2.45, 2.75) is 30.9 Å². The topological polar surface area (TPSA) is 12.0 Å². The van der Waals surface area contributed by atoms with E-state index in [9.17, 15) is 13.2 Å². The van der Waals surface area contributed by atoms with Crippen LogP contribution in [0.4, 0.5) is 13.2 Å². The molecule has 0 aliphatic carbocycles. The smallest absolute Gasteiger partial charge is 0.298 e. The third kappa shape index (κ3) is 2.96. The Balaban J connectivity index is 2.09. The molecule has 0 radical (unpaired) electrons. The van der Waals surface area contributed by atoms with Gasteiger partial charge in [0.1, 0.15) is 0 Å². The molecule has 1 aliphatic rings. The molecule has 94 valence electrons. The van der Waals surface area contributed by atoms with E-state index >= 15 is 0 Å². The first kappa shape index (κ1) is 12.8. The fourth-order valence-corrected chi connectivity index (χ4v) is 3.19. The third-order valence-electron chi connectivity index (χ3n) is 2.88. The maximum absolute atomic E-state index is 12.4. The predicted molar refractivity (Wildman–Crippen MR) is 63.9 cm³/mol. The van der Waals surface area contributed by atoms with Gasteiger partial charge in [0, 0.05) is 11.8 Å². The largest absolute Gasteiger partial charge is 0.416 e. The van der Waals surface area contributed by atoms with Gasteiger partial charge in [-0.2, -0.15) is 13.2 Å². The Labute approximate surface area is 103 Å². The highest BCUT2D eigenvalue weighted by Crippen LogP contribution is 2.35. The van der Waals surface area contributed by atoms with Crippen LogP contribution in [0.25, 0.3) is 0 Å². The first-order valence-electron chi connectivity index (χ1n) is 5.55. The number of alkyl halides is 3. The molecule has 2 rings (SSSR count). The summed E-state index contributed by atoms with van der Waals surface area (Å²) in [6, 6.07) is 5.89. The minimum Gasteiger partial charge on any atom is -0.298 e. The average Bonchev–Trinajstić information content (AvgIpc) is 2.76. The molecule has 1 N–H and O–H groups in total. The first-order valence-corrected chi connectivity index (χ1v) is 6.60. The highest BCUT2D eigenvalue weighted by Gasteiger charge is 2.31. The zero-order valence-electron chi connectivity index (χ0n) is 9.42. The lowest BCUT2D eigenvalue weighted by molar-refractivity contribution is -0.137. The van der Waals surface area contributed by atoms with Crippen molar-refractivity contribution in [1.82, 2.24) is 5.32 Å². The molecule has 0 saturated carbocycles. The van der Waals surface area contributed by atoms with E-state index in [-0.39, 0.29) is 5.37 Å². The number of hydrogen-bond acceptors (Lipinski definition) is 2. The average molecular weight is 261 g/mol. The predicted octanol–water partition coefficient (Wildman–Crippen LogP) is 3.82. The standard InChI is InChI=1S/C12H14F3NS/c1-2-10-7-17-11(16-10)8-3-5-9(6-4-8)12(13,14)15/h3-6,10-11,16H,2,7H2,1H3. The summed E-state index contributed by atoms with van der Waals surface area (Å²) in [4.78, 5) is 0. The molecule has 2 unspecified atom stereocenters. The molecule has 1 fully saturated rings. The van der Waals surface area contributed by atoms with Gasteiger partial charge in [-0.3, -0.25) is 5.32 Å². The highest BCUT2D eigenvalue weighted by molar-refractivity contribution is 7.99. The molecular formula is C12H14F3NS. The van der Waals surface area contributed by atoms with Gasteiger partial charge >= 0.3 is 6.18 Å². The number of thioether (sulfide) groups is 1. The molecule has 1 heterocycles. The zero-order valence-corrected chi connectivity index (χ0v) is 10.2. The van der Waals surface area contributed by atoms with Crippen molar-refractivity contribution in [3.8, 4) is 0 Å². The molecule has 0 aromatic heterocycles. The van der Waals surface area contributed by atoms with Crippen molar-refractivity contribution < 1.29 is 13.2 Å². The minimum atomic E-state index is -4.25. The summed E-state index contributed by atoms with van der Waals surface area (Å²) in [5.74, 6) is 1.02. The van der Waals surface area contributed by atoms with E-state index in [1.165, 1.54) is 0 Å². The minimum absolute atomic E-state index is 0.127. The van der Waals surface area contributed by atoms with E-state index in [0.717, 1.165) is 29.9 Å². The quantitative estimate of drug-likeness (QED) is 0.868. The number of benzene rings is 1. The van der Waals surface area contributed by atoms with Crippen molar-refractivity contribution >= 4 is 11.8 Å². The number of nitrogens with one attached hydrogen (secondary N) is 1. The summed E-state index contributed by atoms with van der Waals surface area (Å²) >= 11 is 1.75. The third-order valence-corrected chi connectivity index (χ3v) is 4.22. The van der Waals surface area contributed by atoms with Gasteiger partial charge in [-0.1, -0.05) is 19.1 Å². The number of halogens is 3. The summed E-state index contributed by atoms with van der Waals surface area (Å²) in [6.45, 7) is 2.10. The van der Waals surface area contributed by atoms with Crippen LogP contribution in [-0.2, 0) is 6.18 Å². The van der Waals surface area contributed by atoms with Gasteiger partial charge in [0.15, 0.2) is 0 Å². The molecule has 0 spiro atoms. The Morgan fingerprint density at radius 1 is 1.29 bits per heavy atom. The lowest BCUT2D eigenvalue weighted by atomic mass is 10.1. The Bertz CT molecular complexity index is 374. The van der Waals surface area contributed by atoms with Crippen LogP contribution in [0.1, 0.15) is 29.8 Å². The van der Waals surface area contributed by atoms with E-state index < -0.39 is 11.7 Å². The Hall–Kier alpha value is -0.680. The van der Waals surface area contributed by atoms with Gasteiger partial charge in [0.05, 0.1) is 10.9 Å². The Morgan fingerprint density at radius 3 is 2.41 bits per heavy atom. The summed E-state index contributed by atoms with van der Waals surface area (Å²) in [5, 5.41) is 3.52. The van der Waals surface area contributed by atoms with Crippen LogP contribution in [-0.4, -0.2) is 11.8 Å². The first-order chi connectivity index (χ1) is 8.00. The normalized spacial score (nSPS) is 25.2. The molecule has 1 aromatic rings. The second kappa shape index (κ2) is 4.90. The van der Waals surface area contributed by atoms with E-state index in [0.29, 0.717) is 6.04 Å². The van der Waals surface area contributed by atoms with Gasteiger partial charge in [-0.05, 0) is 24.1 Å². The van der Waals surface area contributed by atoms with Crippen LogP contribution in [0.15, 0.2) is 24.3 Å². The molecule has 5 heteroatoms. The van der Waals surface area contributed by atoms with Crippen molar-refractivity contribution in [2.75, 3.05) is 5.75 Å². The van der Waals surface area contributed by atoms with Crippen molar-refractivity contribution in [2.24, 2.45) is 0 Å². The van der Waals surface area contributed by atoms with Crippen LogP contribution < -0.4 is 5.32 Å². The second-order valence-electron chi connectivity index (χ2n) is 4.10. The maximum atomic E-state index is 12.4. The summed E-state index contributed by atoms with van der Waals surface area (Å²) in [6.07, 6.45) is -3.20. The molecule has 0 bridgehead atoms. The zero-order chi connectivity index (χ0) is 12.5. The molecule has 1 saturated heterocycles. The number of rotatable bonds is 2. The van der Waals surface area contributed by atoms with Gasteiger partial charge in [-0.25, -0.2) is 0 Å². The van der Waals surface area contributed by atoms with Crippen LogP contribution in [0.3, 0.4) is 0 Å². The lowest BCUT2D eigenvalue weighted by Crippen LogP contribution is -2.24. The van der Waals surface area contributed by atoms with Crippen molar-refractivity contribution in [3.63, 3.8) is 0 Å². The Morgan fingerprint density at radius 2 is 1.94 bits per heavy atom.